The van der Waals surface area contributed by atoms with E-state index in [-0.39, 0.29) is 5.92 Å². The average Bonchev–Trinajstić information content (AvgIpc) is 2.62. The lowest BCUT2D eigenvalue weighted by atomic mass is 9.83. The molecule has 1 unspecified atom stereocenters. The Hall–Kier alpha value is -2.19. The van der Waals surface area contributed by atoms with Crippen molar-refractivity contribution >= 4 is 10.8 Å². The van der Waals surface area contributed by atoms with Crippen LogP contribution in [0, 0.1) is 6.92 Å². The Balaban J connectivity index is 1.78. The van der Waals surface area contributed by atoms with Gasteiger partial charge in [0.2, 0.25) is 0 Å². The van der Waals surface area contributed by atoms with Crippen molar-refractivity contribution in [3.05, 3.63) is 94.0 Å². The van der Waals surface area contributed by atoms with E-state index in [1.165, 1.54) is 33.4 Å². The van der Waals surface area contributed by atoms with Gasteiger partial charge in [-0.3, -0.25) is 0 Å². The molecule has 6 bridgehead atoms. The number of fused-ring (bicyclic) bond motifs is 1. The number of hydrogen-bond donors (Lipinski definition) is 0. The van der Waals surface area contributed by atoms with Gasteiger partial charge in [0.25, 0.3) is 0 Å². The van der Waals surface area contributed by atoms with Crippen molar-refractivity contribution in [3.63, 3.8) is 0 Å². The first-order chi connectivity index (χ1) is 12.2. The van der Waals surface area contributed by atoms with Crippen LogP contribution >= 0.6 is 0 Å². The Morgan fingerprint density at radius 3 is 2.32 bits per heavy atom. The third-order valence-electron chi connectivity index (χ3n) is 5.56. The first kappa shape index (κ1) is 15.1. The van der Waals surface area contributed by atoms with E-state index in [9.17, 15) is 4.21 Å². The van der Waals surface area contributed by atoms with Crippen LogP contribution in [0.15, 0.2) is 70.5 Å². The molecule has 5 aliphatic rings. The lowest BCUT2D eigenvalue weighted by Gasteiger charge is -2.29. The number of aryl methyl sites for hydroxylation is 3. The van der Waals surface area contributed by atoms with Gasteiger partial charge in [0, 0.05) is 15.7 Å². The van der Waals surface area contributed by atoms with Crippen LogP contribution in [-0.2, 0) is 30.1 Å². The molecule has 1 heterocycles. The highest BCUT2D eigenvalue weighted by Gasteiger charge is 2.31. The Morgan fingerprint density at radius 1 is 0.760 bits per heavy atom. The van der Waals surface area contributed by atoms with Gasteiger partial charge in [0.05, 0.1) is 10.8 Å². The molecule has 0 spiro atoms. The molecule has 8 rings (SSSR count). The Morgan fingerprint density at radius 2 is 1.48 bits per heavy atom. The number of benzene rings is 3. The van der Waals surface area contributed by atoms with Crippen molar-refractivity contribution in [2.24, 2.45) is 0 Å². The molecule has 0 saturated heterocycles. The van der Waals surface area contributed by atoms with Crippen molar-refractivity contribution in [1.82, 2.24) is 0 Å². The van der Waals surface area contributed by atoms with Crippen molar-refractivity contribution < 1.29 is 4.21 Å². The molecule has 0 saturated carbocycles. The van der Waals surface area contributed by atoms with Crippen LogP contribution in [0.2, 0.25) is 0 Å². The minimum absolute atomic E-state index is 0.280. The molecule has 25 heavy (non-hydrogen) atoms. The zero-order valence-electron chi connectivity index (χ0n) is 14.3. The fourth-order valence-corrected chi connectivity index (χ4v) is 5.69. The normalized spacial score (nSPS) is 20.7. The summed E-state index contributed by atoms with van der Waals surface area (Å²) < 4.78 is 13.2. The van der Waals surface area contributed by atoms with E-state index in [4.69, 9.17) is 0 Å². The molecule has 2 atom stereocenters. The Kier molecular flexibility index (Phi) is 3.42. The Labute approximate surface area is 151 Å². The fourth-order valence-electron chi connectivity index (χ4n) is 4.16. The summed E-state index contributed by atoms with van der Waals surface area (Å²) in [6.45, 7) is 2.12. The minimum atomic E-state index is -1.07. The summed E-state index contributed by atoms with van der Waals surface area (Å²) in [4.78, 5) is 2.02. The van der Waals surface area contributed by atoms with Crippen LogP contribution in [0.4, 0.5) is 0 Å². The standard InChI is InChI=1S/C23H20OS/c1-15-2-11-22-21(12-15)20-13-17-6-3-16(4-7-17)5-8-18-9-10-19(20)23(14-18)25(22)24/h2-4,6-7,9-12,14,20H,5,8,13H2,1H3/t20-,25?/m1/s1. The number of hydrogen-bond acceptors (Lipinski definition) is 1. The minimum Gasteiger partial charge on any atom is -0.249 e. The first-order valence-electron chi connectivity index (χ1n) is 8.92. The maximum absolute atomic E-state index is 13.2. The van der Waals surface area contributed by atoms with Crippen molar-refractivity contribution in [3.8, 4) is 0 Å². The molecule has 3 aromatic carbocycles. The van der Waals surface area contributed by atoms with E-state index in [1.807, 2.05) is 0 Å². The average molecular weight is 344 g/mol. The maximum atomic E-state index is 13.2. The second kappa shape index (κ2) is 5.67. The molecule has 1 nitrogen and oxygen atoms in total. The number of rotatable bonds is 0. The fraction of sp³-hybridized carbons (Fsp3) is 0.217. The molecule has 4 aliphatic carbocycles. The van der Waals surface area contributed by atoms with Crippen LogP contribution in [0.5, 0.6) is 0 Å². The smallest absolute Gasteiger partial charge is 0.0855 e. The first-order valence-corrected chi connectivity index (χ1v) is 10.1. The molecule has 124 valence electrons. The van der Waals surface area contributed by atoms with Gasteiger partial charge in [-0.05, 0) is 66.1 Å². The lowest BCUT2D eigenvalue weighted by Crippen LogP contribution is -2.18. The molecule has 2 heteroatoms. The maximum Gasteiger partial charge on any atom is 0.0855 e. The molecule has 0 aromatic heterocycles. The van der Waals surface area contributed by atoms with E-state index in [0.717, 1.165) is 29.1 Å². The van der Waals surface area contributed by atoms with Crippen LogP contribution in [-0.4, -0.2) is 4.21 Å². The van der Waals surface area contributed by atoms with Crippen LogP contribution in [0.25, 0.3) is 0 Å². The lowest BCUT2D eigenvalue weighted by molar-refractivity contribution is 0.668. The SMILES string of the molecule is Cc1ccc2c(c1)[C@@H]1Cc3ccc(cc3)CCc3ccc1c(c3)S2=O. The van der Waals surface area contributed by atoms with Gasteiger partial charge in [0.1, 0.15) is 0 Å². The molecule has 0 fully saturated rings. The summed E-state index contributed by atoms with van der Waals surface area (Å²) in [6.07, 6.45) is 2.99. The van der Waals surface area contributed by atoms with Gasteiger partial charge in [-0.1, -0.05) is 54.1 Å². The molecule has 0 N–H and O–H groups in total. The van der Waals surface area contributed by atoms with Gasteiger partial charge in [-0.2, -0.15) is 0 Å². The summed E-state index contributed by atoms with van der Waals surface area (Å²) in [5, 5.41) is 0. The third-order valence-corrected chi connectivity index (χ3v) is 7.08. The monoisotopic (exact) mass is 344 g/mol. The summed E-state index contributed by atoms with van der Waals surface area (Å²) in [7, 11) is -1.07. The van der Waals surface area contributed by atoms with Crippen molar-refractivity contribution in [2.45, 2.75) is 41.9 Å². The highest BCUT2D eigenvalue weighted by molar-refractivity contribution is 7.85. The van der Waals surface area contributed by atoms with E-state index in [0.29, 0.717) is 0 Å². The zero-order valence-corrected chi connectivity index (χ0v) is 15.1. The third kappa shape index (κ3) is 2.47. The van der Waals surface area contributed by atoms with Gasteiger partial charge in [-0.15, -0.1) is 0 Å². The summed E-state index contributed by atoms with van der Waals surface area (Å²) in [5.41, 5.74) is 7.72. The van der Waals surface area contributed by atoms with Crippen LogP contribution in [0.3, 0.4) is 0 Å². The second-order valence-corrected chi connectivity index (χ2v) is 8.67. The van der Waals surface area contributed by atoms with Crippen molar-refractivity contribution in [1.29, 1.82) is 0 Å². The quantitative estimate of drug-likeness (QED) is 0.564. The van der Waals surface area contributed by atoms with Crippen LogP contribution in [0.1, 0.15) is 39.3 Å². The molecular weight excluding hydrogens is 324 g/mol. The second-order valence-electron chi connectivity index (χ2n) is 7.26. The van der Waals surface area contributed by atoms with Crippen molar-refractivity contribution in [2.75, 3.05) is 0 Å². The highest BCUT2D eigenvalue weighted by Crippen LogP contribution is 2.42. The summed E-state index contributed by atoms with van der Waals surface area (Å²) in [6, 6.07) is 22.1. The van der Waals surface area contributed by atoms with Crippen LogP contribution < -0.4 is 0 Å². The van der Waals surface area contributed by atoms with E-state index in [1.54, 1.807) is 0 Å². The predicted octanol–water partition coefficient (Wildman–Crippen LogP) is 4.95. The van der Waals surface area contributed by atoms with Gasteiger partial charge >= 0.3 is 0 Å². The molecule has 3 aromatic rings. The zero-order chi connectivity index (χ0) is 17.0. The van der Waals surface area contributed by atoms with Gasteiger partial charge in [-0.25, -0.2) is 4.21 Å². The topological polar surface area (TPSA) is 17.1 Å². The molecule has 0 radical (unpaired) electrons. The molecular formula is C23H20OS. The van der Waals surface area contributed by atoms with E-state index >= 15 is 0 Å². The van der Waals surface area contributed by atoms with E-state index in [2.05, 4.69) is 67.6 Å². The van der Waals surface area contributed by atoms with Gasteiger partial charge < -0.3 is 0 Å². The summed E-state index contributed by atoms with van der Waals surface area (Å²) >= 11 is 0. The molecule has 1 aliphatic heterocycles. The van der Waals surface area contributed by atoms with Gasteiger partial charge in [0.15, 0.2) is 0 Å². The highest BCUT2D eigenvalue weighted by atomic mass is 32.2. The Bertz CT molecular complexity index is 1000. The predicted molar refractivity (Wildman–Crippen MR) is 102 cm³/mol. The largest absolute Gasteiger partial charge is 0.249 e. The summed E-state index contributed by atoms with van der Waals surface area (Å²) in [5.74, 6) is 0.280. The molecule has 0 amide bonds. The van der Waals surface area contributed by atoms with E-state index < -0.39 is 10.8 Å².